The van der Waals surface area contributed by atoms with E-state index in [9.17, 15) is 9.59 Å². The van der Waals surface area contributed by atoms with Gasteiger partial charge in [-0.1, -0.05) is 78.9 Å². The molecule has 0 spiro atoms. The van der Waals surface area contributed by atoms with Gasteiger partial charge in [-0.3, -0.25) is 14.8 Å². The molecule has 6 rings (SSSR count). The van der Waals surface area contributed by atoms with Gasteiger partial charge in [0.15, 0.2) is 0 Å². The SMILES string of the molecule is O=c1[nH]c2c(c(=O)[nH]1)C(c1ccccc1)c1c(-c3ccccc3)nn(-c3ccccc3)c1N2. The summed E-state index contributed by atoms with van der Waals surface area (Å²) in [6.45, 7) is 0. The first kappa shape index (κ1) is 19.1. The second-order valence-electron chi connectivity index (χ2n) is 7.89. The van der Waals surface area contributed by atoms with Crippen molar-refractivity contribution in [3.05, 3.63) is 129 Å². The quantitative estimate of drug-likeness (QED) is 0.391. The number of H-pyrrole nitrogens is 2. The smallest absolute Gasteiger partial charge is 0.326 e. The molecular weight excluding hydrogens is 414 g/mol. The highest BCUT2D eigenvalue weighted by Crippen LogP contribution is 2.47. The van der Waals surface area contributed by atoms with Crippen molar-refractivity contribution in [3.8, 4) is 16.9 Å². The van der Waals surface area contributed by atoms with Crippen LogP contribution in [0.4, 0.5) is 11.6 Å². The van der Waals surface area contributed by atoms with Gasteiger partial charge in [0.2, 0.25) is 0 Å². The Morgan fingerprint density at radius 1 is 0.727 bits per heavy atom. The molecule has 5 aromatic rings. The molecule has 0 fully saturated rings. The number of para-hydroxylation sites is 1. The van der Waals surface area contributed by atoms with Crippen LogP contribution in [0.5, 0.6) is 0 Å². The van der Waals surface area contributed by atoms with E-state index in [1.54, 1.807) is 0 Å². The molecule has 0 saturated heterocycles. The molecule has 0 bridgehead atoms. The van der Waals surface area contributed by atoms with Crippen LogP contribution < -0.4 is 16.6 Å². The zero-order valence-corrected chi connectivity index (χ0v) is 17.4. The van der Waals surface area contributed by atoms with Crippen LogP contribution in [0.1, 0.15) is 22.6 Å². The van der Waals surface area contributed by atoms with Crippen molar-refractivity contribution in [2.75, 3.05) is 5.32 Å². The first-order chi connectivity index (χ1) is 16.2. The lowest BCUT2D eigenvalue weighted by molar-refractivity contribution is 0.862. The van der Waals surface area contributed by atoms with Crippen LogP contribution in [0.25, 0.3) is 16.9 Å². The second-order valence-corrected chi connectivity index (χ2v) is 7.89. The van der Waals surface area contributed by atoms with Crippen molar-refractivity contribution in [3.63, 3.8) is 0 Å². The Balaban J connectivity index is 1.72. The number of benzene rings is 3. The fourth-order valence-electron chi connectivity index (χ4n) is 4.50. The zero-order valence-electron chi connectivity index (χ0n) is 17.4. The van der Waals surface area contributed by atoms with Gasteiger partial charge >= 0.3 is 5.69 Å². The Hall–Kier alpha value is -4.65. The maximum atomic E-state index is 13.1. The Kier molecular flexibility index (Phi) is 4.33. The maximum absolute atomic E-state index is 13.1. The lowest BCUT2D eigenvalue weighted by atomic mass is 9.82. The molecule has 1 aliphatic rings. The van der Waals surface area contributed by atoms with Crippen molar-refractivity contribution in [1.29, 1.82) is 0 Å². The van der Waals surface area contributed by atoms with Crippen LogP contribution in [-0.4, -0.2) is 19.7 Å². The molecule has 7 nitrogen and oxygen atoms in total. The third-order valence-corrected chi connectivity index (χ3v) is 5.90. The van der Waals surface area contributed by atoms with E-state index in [-0.39, 0.29) is 0 Å². The van der Waals surface area contributed by atoms with Crippen LogP contribution in [0, 0.1) is 0 Å². The Morgan fingerprint density at radius 2 is 1.36 bits per heavy atom. The molecule has 33 heavy (non-hydrogen) atoms. The molecule has 1 atom stereocenters. The van der Waals surface area contributed by atoms with Gasteiger partial charge in [-0.15, -0.1) is 0 Å². The Morgan fingerprint density at radius 3 is 2.06 bits per heavy atom. The minimum absolute atomic E-state index is 0.377. The molecule has 0 radical (unpaired) electrons. The van der Waals surface area contributed by atoms with Crippen LogP contribution in [0.15, 0.2) is 101 Å². The van der Waals surface area contributed by atoms with Gasteiger partial charge in [0, 0.05) is 17.0 Å². The molecule has 0 aliphatic carbocycles. The van der Waals surface area contributed by atoms with E-state index in [0.29, 0.717) is 17.2 Å². The number of fused-ring (bicyclic) bond motifs is 2. The lowest BCUT2D eigenvalue weighted by Crippen LogP contribution is -2.32. The molecule has 0 amide bonds. The normalized spacial score (nSPS) is 14.2. The summed E-state index contributed by atoms with van der Waals surface area (Å²) in [4.78, 5) is 30.4. The lowest BCUT2D eigenvalue weighted by Gasteiger charge is -2.27. The van der Waals surface area contributed by atoms with Crippen molar-refractivity contribution in [1.82, 2.24) is 19.7 Å². The summed E-state index contributed by atoms with van der Waals surface area (Å²) < 4.78 is 1.83. The largest absolute Gasteiger partial charge is 0.327 e. The molecule has 160 valence electrons. The highest BCUT2D eigenvalue weighted by molar-refractivity contribution is 5.80. The molecule has 7 heteroatoms. The summed E-state index contributed by atoms with van der Waals surface area (Å²) in [6, 6.07) is 29.5. The highest BCUT2D eigenvalue weighted by atomic mass is 16.2. The number of aromatic nitrogens is 4. The average Bonchev–Trinajstić information content (AvgIpc) is 3.23. The third-order valence-electron chi connectivity index (χ3n) is 5.90. The second kappa shape index (κ2) is 7.49. The van der Waals surface area contributed by atoms with Crippen molar-refractivity contribution in [2.45, 2.75) is 5.92 Å². The van der Waals surface area contributed by atoms with E-state index in [1.807, 2.05) is 95.7 Å². The first-order valence-corrected chi connectivity index (χ1v) is 10.6. The average molecular weight is 433 g/mol. The minimum atomic E-state index is -0.560. The topological polar surface area (TPSA) is 95.6 Å². The zero-order chi connectivity index (χ0) is 22.4. The van der Waals surface area contributed by atoms with Crippen LogP contribution in [-0.2, 0) is 0 Å². The summed E-state index contributed by atoms with van der Waals surface area (Å²) in [5.74, 6) is 0.662. The summed E-state index contributed by atoms with van der Waals surface area (Å²) >= 11 is 0. The van der Waals surface area contributed by atoms with E-state index >= 15 is 0 Å². The van der Waals surface area contributed by atoms with Crippen LogP contribution >= 0.6 is 0 Å². The molecule has 1 aliphatic heterocycles. The number of hydrogen-bond donors (Lipinski definition) is 3. The number of hydrogen-bond acceptors (Lipinski definition) is 4. The third kappa shape index (κ3) is 3.10. The van der Waals surface area contributed by atoms with Gasteiger partial charge in [0.1, 0.15) is 11.6 Å². The number of anilines is 2. The molecule has 0 saturated carbocycles. The van der Waals surface area contributed by atoms with E-state index < -0.39 is 17.2 Å². The standard InChI is InChI=1S/C26H19N5O2/c32-25-21-19(16-10-4-1-5-11-16)20-22(17-12-6-2-7-13-17)30-31(18-14-8-3-9-15-18)24(20)27-23(21)28-26(33)29-25/h1-15,19H,(H3,27,28,29,32,33). The maximum Gasteiger partial charge on any atom is 0.327 e. The monoisotopic (exact) mass is 433 g/mol. The van der Waals surface area contributed by atoms with E-state index in [0.717, 1.165) is 28.1 Å². The molecule has 1 unspecified atom stereocenters. The van der Waals surface area contributed by atoms with Gasteiger partial charge in [0.05, 0.1) is 16.9 Å². The van der Waals surface area contributed by atoms with Gasteiger partial charge in [-0.25, -0.2) is 9.48 Å². The highest BCUT2D eigenvalue weighted by Gasteiger charge is 2.36. The van der Waals surface area contributed by atoms with Gasteiger partial charge in [0.25, 0.3) is 5.56 Å². The fourth-order valence-corrected chi connectivity index (χ4v) is 4.50. The first-order valence-electron chi connectivity index (χ1n) is 10.6. The van der Waals surface area contributed by atoms with E-state index in [2.05, 4.69) is 15.3 Å². The number of rotatable bonds is 3. The molecule has 3 aromatic carbocycles. The van der Waals surface area contributed by atoms with Crippen molar-refractivity contribution in [2.24, 2.45) is 0 Å². The van der Waals surface area contributed by atoms with Crippen LogP contribution in [0.3, 0.4) is 0 Å². The molecule has 3 N–H and O–H groups in total. The van der Waals surface area contributed by atoms with E-state index in [1.165, 1.54) is 0 Å². The number of nitrogens with one attached hydrogen (secondary N) is 3. The number of nitrogens with zero attached hydrogens (tertiary/aromatic N) is 2. The molecular formula is C26H19N5O2. The predicted octanol–water partition coefficient (Wildman–Crippen LogP) is 4.15. The van der Waals surface area contributed by atoms with Gasteiger partial charge in [-0.2, -0.15) is 5.10 Å². The fraction of sp³-hybridized carbons (Fsp3) is 0.0385. The van der Waals surface area contributed by atoms with Crippen molar-refractivity contribution < 1.29 is 0 Å². The minimum Gasteiger partial charge on any atom is -0.326 e. The molecule has 3 heterocycles. The summed E-state index contributed by atoms with van der Waals surface area (Å²) in [7, 11) is 0. The van der Waals surface area contributed by atoms with Crippen molar-refractivity contribution >= 4 is 11.6 Å². The summed E-state index contributed by atoms with van der Waals surface area (Å²) in [5.41, 5.74) is 3.86. The van der Waals surface area contributed by atoms with E-state index in [4.69, 9.17) is 5.10 Å². The Bertz CT molecular complexity index is 1570. The summed E-state index contributed by atoms with van der Waals surface area (Å²) in [6.07, 6.45) is 0. The van der Waals surface area contributed by atoms with Crippen LogP contribution in [0.2, 0.25) is 0 Å². The van der Waals surface area contributed by atoms with Gasteiger partial charge < -0.3 is 5.32 Å². The Labute approximate surface area is 188 Å². The number of aromatic amines is 2. The predicted molar refractivity (Wildman–Crippen MR) is 127 cm³/mol. The summed E-state index contributed by atoms with van der Waals surface area (Å²) in [5, 5.41) is 8.30. The van der Waals surface area contributed by atoms with Gasteiger partial charge in [-0.05, 0) is 17.7 Å². The molecule has 2 aromatic heterocycles.